The van der Waals surface area contributed by atoms with Crippen molar-refractivity contribution in [1.82, 2.24) is 4.98 Å². The number of carbonyl (C=O) groups is 1. The summed E-state index contributed by atoms with van der Waals surface area (Å²) < 4.78 is 0. The average molecular weight is 258 g/mol. The zero-order valence-electron chi connectivity index (χ0n) is 10.0. The summed E-state index contributed by atoms with van der Waals surface area (Å²) in [7, 11) is 0. The summed E-state index contributed by atoms with van der Waals surface area (Å²) in [6, 6.07) is 7.55. The van der Waals surface area contributed by atoms with Crippen LogP contribution < -0.4 is 0 Å². The maximum atomic E-state index is 10.8. The number of hydrogen-bond donors (Lipinski definition) is 1. The van der Waals surface area contributed by atoms with E-state index in [0.717, 1.165) is 0 Å². The van der Waals surface area contributed by atoms with Crippen molar-refractivity contribution in [1.29, 1.82) is 0 Å². The molecule has 0 aliphatic rings. The molecule has 0 aliphatic carbocycles. The standard InChI is InChI=1S/C13H10N2O4/c1-8-12(6-11(7-14-8)15(18)19)9-2-4-10(5-3-9)13(16)17/h2-7H,1H3,(H,16,17). The van der Waals surface area contributed by atoms with Gasteiger partial charge in [-0.15, -0.1) is 0 Å². The first-order chi connectivity index (χ1) is 8.99. The molecule has 0 atom stereocenters. The van der Waals surface area contributed by atoms with Crippen LogP contribution in [0.5, 0.6) is 0 Å². The summed E-state index contributed by atoms with van der Waals surface area (Å²) in [5.74, 6) is -1.01. The Kier molecular flexibility index (Phi) is 3.24. The number of carboxylic acids is 1. The number of nitrogens with zero attached hydrogens (tertiary/aromatic N) is 2. The largest absolute Gasteiger partial charge is 0.478 e. The molecule has 0 aliphatic heterocycles. The van der Waals surface area contributed by atoms with Gasteiger partial charge in [-0.05, 0) is 24.6 Å². The first kappa shape index (κ1) is 12.7. The molecule has 1 N–H and O–H groups in total. The SMILES string of the molecule is Cc1ncc([N+](=O)[O-])cc1-c1ccc(C(=O)O)cc1. The summed E-state index contributed by atoms with van der Waals surface area (Å²) in [6.45, 7) is 1.74. The van der Waals surface area contributed by atoms with Gasteiger partial charge in [0.15, 0.2) is 0 Å². The van der Waals surface area contributed by atoms with Crippen LogP contribution in [0.25, 0.3) is 11.1 Å². The highest BCUT2D eigenvalue weighted by atomic mass is 16.6. The van der Waals surface area contributed by atoms with Crippen molar-refractivity contribution in [2.24, 2.45) is 0 Å². The lowest BCUT2D eigenvalue weighted by Gasteiger charge is -2.05. The molecule has 0 unspecified atom stereocenters. The number of rotatable bonds is 3. The number of nitro groups is 1. The Bertz CT molecular complexity index is 650. The molecule has 0 radical (unpaired) electrons. The van der Waals surface area contributed by atoms with Crippen LogP contribution in [-0.4, -0.2) is 21.0 Å². The van der Waals surface area contributed by atoms with Gasteiger partial charge in [0.05, 0.1) is 10.5 Å². The molecule has 96 valence electrons. The van der Waals surface area contributed by atoms with Crippen molar-refractivity contribution in [3.8, 4) is 11.1 Å². The summed E-state index contributed by atoms with van der Waals surface area (Å²) in [5.41, 5.74) is 2.03. The molecule has 0 saturated carbocycles. The minimum absolute atomic E-state index is 0.0945. The van der Waals surface area contributed by atoms with Crippen molar-refractivity contribution in [3.05, 3.63) is 57.9 Å². The fourth-order valence-electron chi connectivity index (χ4n) is 1.71. The van der Waals surface area contributed by atoms with Crippen molar-refractivity contribution in [3.63, 3.8) is 0 Å². The maximum absolute atomic E-state index is 10.8. The zero-order chi connectivity index (χ0) is 14.0. The Labute approximate surface area is 108 Å². The molecule has 19 heavy (non-hydrogen) atoms. The van der Waals surface area contributed by atoms with Gasteiger partial charge < -0.3 is 5.11 Å². The van der Waals surface area contributed by atoms with Gasteiger partial charge in [0.2, 0.25) is 0 Å². The van der Waals surface area contributed by atoms with Crippen LogP contribution in [0.3, 0.4) is 0 Å². The van der Waals surface area contributed by atoms with E-state index in [1.54, 1.807) is 19.1 Å². The van der Waals surface area contributed by atoms with Crippen LogP contribution in [0.2, 0.25) is 0 Å². The third-order valence-corrected chi connectivity index (χ3v) is 2.73. The molecule has 0 spiro atoms. The molecule has 1 heterocycles. The highest BCUT2D eigenvalue weighted by molar-refractivity contribution is 5.88. The third kappa shape index (κ3) is 2.57. The average Bonchev–Trinajstić information content (AvgIpc) is 2.39. The summed E-state index contributed by atoms with van der Waals surface area (Å²) in [4.78, 5) is 24.9. The molecule has 0 bridgehead atoms. The fraction of sp³-hybridized carbons (Fsp3) is 0.0769. The van der Waals surface area contributed by atoms with E-state index in [1.165, 1.54) is 24.4 Å². The smallest absolute Gasteiger partial charge is 0.335 e. The molecule has 0 fully saturated rings. The van der Waals surface area contributed by atoms with Crippen LogP contribution in [0.1, 0.15) is 16.1 Å². The zero-order valence-corrected chi connectivity index (χ0v) is 10.0. The Hall–Kier alpha value is -2.76. The molecular weight excluding hydrogens is 248 g/mol. The highest BCUT2D eigenvalue weighted by Gasteiger charge is 2.12. The van der Waals surface area contributed by atoms with E-state index < -0.39 is 10.9 Å². The van der Waals surface area contributed by atoms with Crippen LogP contribution in [0.4, 0.5) is 5.69 Å². The molecule has 6 heteroatoms. The Balaban J connectivity index is 2.48. The topological polar surface area (TPSA) is 93.3 Å². The van der Waals surface area contributed by atoms with Crippen LogP contribution in [-0.2, 0) is 0 Å². The Morgan fingerprint density at radius 2 is 1.95 bits per heavy atom. The van der Waals surface area contributed by atoms with Gasteiger partial charge >= 0.3 is 5.97 Å². The van der Waals surface area contributed by atoms with Crippen LogP contribution in [0.15, 0.2) is 36.5 Å². The van der Waals surface area contributed by atoms with Gasteiger partial charge in [-0.2, -0.15) is 0 Å². The number of aryl methyl sites for hydroxylation is 1. The van der Waals surface area contributed by atoms with E-state index in [9.17, 15) is 14.9 Å². The molecule has 0 amide bonds. The molecule has 0 saturated heterocycles. The number of benzene rings is 1. The second-order valence-electron chi connectivity index (χ2n) is 3.97. The second kappa shape index (κ2) is 4.85. The lowest BCUT2D eigenvalue weighted by molar-refractivity contribution is -0.385. The van der Waals surface area contributed by atoms with E-state index in [2.05, 4.69) is 4.98 Å². The Morgan fingerprint density at radius 3 is 2.47 bits per heavy atom. The number of hydrogen-bond acceptors (Lipinski definition) is 4. The monoisotopic (exact) mass is 258 g/mol. The number of pyridine rings is 1. The van der Waals surface area contributed by atoms with E-state index >= 15 is 0 Å². The fourth-order valence-corrected chi connectivity index (χ4v) is 1.71. The lowest BCUT2D eigenvalue weighted by Crippen LogP contribution is -1.96. The molecule has 2 rings (SSSR count). The molecular formula is C13H10N2O4. The normalized spacial score (nSPS) is 10.2. The van der Waals surface area contributed by atoms with Gasteiger partial charge in [0.25, 0.3) is 5.69 Å². The van der Waals surface area contributed by atoms with E-state index in [-0.39, 0.29) is 11.3 Å². The molecule has 1 aromatic carbocycles. The quantitative estimate of drug-likeness (QED) is 0.674. The molecule has 2 aromatic rings. The first-order valence-electron chi connectivity index (χ1n) is 5.44. The van der Waals surface area contributed by atoms with E-state index in [0.29, 0.717) is 16.8 Å². The maximum Gasteiger partial charge on any atom is 0.335 e. The van der Waals surface area contributed by atoms with Crippen LogP contribution in [0, 0.1) is 17.0 Å². The number of aromatic nitrogens is 1. The lowest BCUT2D eigenvalue weighted by atomic mass is 10.0. The second-order valence-corrected chi connectivity index (χ2v) is 3.97. The Morgan fingerprint density at radius 1 is 1.32 bits per heavy atom. The first-order valence-corrected chi connectivity index (χ1v) is 5.44. The summed E-state index contributed by atoms with van der Waals surface area (Å²) in [6.07, 6.45) is 1.20. The van der Waals surface area contributed by atoms with Gasteiger partial charge in [0, 0.05) is 17.3 Å². The predicted octanol–water partition coefficient (Wildman–Crippen LogP) is 2.66. The molecule has 6 nitrogen and oxygen atoms in total. The van der Waals surface area contributed by atoms with Crippen molar-refractivity contribution in [2.75, 3.05) is 0 Å². The van der Waals surface area contributed by atoms with Crippen molar-refractivity contribution in [2.45, 2.75) is 6.92 Å². The number of carboxylic acid groups (broad SMARTS) is 1. The van der Waals surface area contributed by atoms with Gasteiger partial charge in [-0.3, -0.25) is 15.1 Å². The van der Waals surface area contributed by atoms with Gasteiger partial charge in [0.1, 0.15) is 6.20 Å². The highest BCUT2D eigenvalue weighted by Crippen LogP contribution is 2.26. The summed E-state index contributed by atoms with van der Waals surface area (Å²) in [5, 5.41) is 19.5. The van der Waals surface area contributed by atoms with Crippen LogP contribution >= 0.6 is 0 Å². The van der Waals surface area contributed by atoms with Gasteiger partial charge in [-0.1, -0.05) is 12.1 Å². The van der Waals surface area contributed by atoms with E-state index in [4.69, 9.17) is 5.11 Å². The minimum Gasteiger partial charge on any atom is -0.478 e. The molecule has 1 aromatic heterocycles. The minimum atomic E-state index is -1.01. The van der Waals surface area contributed by atoms with Crippen molar-refractivity contribution < 1.29 is 14.8 Å². The number of aromatic carboxylic acids is 1. The van der Waals surface area contributed by atoms with E-state index in [1.807, 2.05) is 0 Å². The summed E-state index contributed by atoms with van der Waals surface area (Å²) >= 11 is 0. The third-order valence-electron chi connectivity index (χ3n) is 2.73. The predicted molar refractivity (Wildman–Crippen MR) is 68.0 cm³/mol. The van der Waals surface area contributed by atoms with Gasteiger partial charge in [-0.25, -0.2) is 4.79 Å². The van der Waals surface area contributed by atoms with Crippen molar-refractivity contribution >= 4 is 11.7 Å².